The highest BCUT2D eigenvalue weighted by atomic mass is 16.5. The number of rotatable bonds is 3. The second-order valence-electron chi connectivity index (χ2n) is 3.53. The van der Waals surface area contributed by atoms with Gasteiger partial charge in [-0.05, 0) is 11.5 Å². The summed E-state index contributed by atoms with van der Waals surface area (Å²) < 4.78 is 4.51. The number of methoxy groups -OCH3 is 1. The van der Waals surface area contributed by atoms with E-state index in [1.165, 1.54) is 13.2 Å². The van der Waals surface area contributed by atoms with Gasteiger partial charge in [0.2, 0.25) is 0 Å². The predicted molar refractivity (Wildman–Crippen MR) is 68.7 cm³/mol. The van der Waals surface area contributed by atoms with E-state index in [2.05, 4.69) is 10.1 Å². The fourth-order valence-electron chi connectivity index (χ4n) is 1.62. The van der Waals surface area contributed by atoms with Crippen LogP contribution in [0.3, 0.4) is 0 Å². The summed E-state index contributed by atoms with van der Waals surface area (Å²) in [5.41, 5.74) is 0.961. The molecule has 0 heterocycles. The van der Waals surface area contributed by atoms with Gasteiger partial charge in [-0.1, -0.05) is 36.4 Å². The Balaban J connectivity index is 2.24. The van der Waals surface area contributed by atoms with Crippen molar-refractivity contribution < 1.29 is 9.53 Å². The lowest BCUT2D eigenvalue weighted by Gasteiger charge is -2.05. The minimum atomic E-state index is -0.377. The molecule has 0 fully saturated rings. The van der Waals surface area contributed by atoms with Crippen molar-refractivity contribution in [3.8, 4) is 0 Å². The maximum atomic E-state index is 10.9. The molecule has 0 saturated carbocycles. The first-order chi connectivity index (χ1) is 8.31. The van der Waals surface area contributed by atoms with E-state index in [9.17, 15) is 4.79 Å². The van der Waals surface area contributed by atoms with Crippen LogP contribution in [0.4, 0.5) is 5.69 Å². The Kier molecular flexibility index (Phi) is 3.40. The number of carbonyl (C=O) groups excluding carboxylic acids is 1. The fraction of sp³-hybridized carbons (Fsp3) is 0.0714. The zero-order valence-corrected chi connectivity index (χ0v) is 9.51. The molecule has 0 aliphatic heterocycles. The molecule has 86 valence electrons. The van der Waals surface area contributed by atoms with Crippen molar-refractivity contribution in [3.05, 3.63) is 54.7 Å². The normalized spacial score (nSPS) is 10.6. The molecule has 2 aromatic rings. The van der Waals surface area contributed by atoms with Crippen molar-refractivity contribution in [2.24, 2.45) is 0 Å². The minimum Gasteiger partial charge on any atom is -0.466 e. The van der Waals surface area contributed by atoms with Crippen LogP contribution in [0.1, 0.15) is 0 Å². The molecule has 0 amide bonds. The van der Waals surface area contributed by atoms with Crippen LogP contribution < -0.4 is 5.32 Å². The van der Waals surface area contributed by atoms with E-state index in [0.29, 0.717) is 0 Å². The largest absolute Gasteiger partial charge is 0.466 e. The lowest BCUT2D eigenvalue weighted by atomic mass is 10.1. The summed E-state index contributed by atoms with van der Waals surface area (Å²) in [6.07, 6.45) is 2.93. The molecule has 17 heavy (non-hydrogen) atoms. The predicted octanol–water partition coefficient (Wildman–Crippen LogP) is 2.94. The number of hydrogen-bond acceptors (Lipinski definition) is 3. The second kappa shape index (κ2) is 5.16. The molecule has 0 aliphatic carbocycles. The average molecular weight is 227 g/mol. The van der Waals surface area contributed by atoms with Gasteiger partial charge < -0.3 is 10.1 Å². The highest BCUT2D eigenvalue weighted by Crippen LogP contribution is 2.22. The lowest BCUT2D eigenvalue weighted by Crippen LogP contribution is -1.96. The molecule has 0 radical (unpaired) electrons. The van der Waals surface area contributed by atoms with E-state index >= 15 is 0 Å². The van der Waals surface area contributed by atoms with E-state index in [1.54, 1.807) is 6.20 Å². The van der Waals surface area contributed by atoms with Crippen LogP contribution >= 0.6 is 0 Å². The number of carbonyl (C=O) groups is 1. The Morgan fingerprint density at radius 1 is 1.18 bits per heavy atom. The van der Waals surface area contributed by atoms with Crippen LogP contribution in [-0.2, 0) is 9.53 Å². The molecular weight excluding hydrogens is 214 g/mol. The summed E-state index contributed by atoms with van der Waals surface area (Å²) in [6, 6.07) is 14.0. The minimum absolute atomic E-state index is 0.377. The van der Waals surface area contributed by atoms with Crippen LogP contribution in [0.2, 0.25) is 0 Å². The number of fused-ring (bicyclic) bond motifs is 1. The molecule has 2 rings (SSSR count). The highest BCUT2D eigenvalue weighted by Gasteiger charge is 1.97. The molecule has 2 aromatic carbocycles. The van der Waals surface area contributed by atoms with Crippen LogP contribution in [0, 0.1) is 0 Å². The summed E-state index contributed by atoms with van der Waals surface area (Å²) in [4.78, 5) is 10.9. The van der Waals surface area contributed by atoms with Gasteiger partial charge in [-0.3, -0.25) is 0 Å². The topological polar surface area (TPSA) is 38.3 Å². The van der Waals surface area contributed by atoms with E-state index in [-0.39, 0.29) is 5.97 Å². The monoisotopic (exact) mass is 227 g/mol. The molecule has 0 unspecified atom stereocenters. The summed E-state index contributed by atoms with van der Waals surface area (Å²) in [5, 5.41) is 5.34. The molecule has 0 atom stereocenters. The molecule has 0 bridgehead atoms. The standard InChI is InChI=1S/C14H13NO2/c1-17-14(16)9-10-15-13-8-4-6-11-5-2-3-7-12(11)13/h2-10,15H,1H3/b10-9+. The third kappa shape index (κ3) is 2.64. The van der Waals surface area contributed by atoms with Gasteiger partial charge in [0.05, 0.1) is 7.11 Å². The van der Waals surface area contributed by atoms with Gasteiger partial charge in [0.15, 0.2) is 0 Å². The highest BCUT2D eigenvalue weighted by molar-refractivity contribution is 5.94. The van der Waals surface area contributed by atoms with Gasteiger partial charge in [-0.2, -0.15) is 0 Å². The first kappa shape index (κ1) is 11.2. The summed E-state index contributed by atoms with van der Waals surface area (Å²) >= 11 is 0. The Morgan fingerprint density at radius 2 is 1.94 bits per heavy atom. The van der Waals surface area contributed by atoms with Gasteiger partial charge in [-0.15, -0.1) is 0 Å². The Labute approximate surface area is 99.7 Å². The average Bonchev–Trinajstić information content (AvgIpc) is 2.39. The maximum absolute atomic E-state index is 10.9. The molecule has 3 heteroatoms. The van der Waals surface area contributed by atoms with E-state index in [0.717, 1.165) is 16.5 Å². The molecule has 0 aromatic heterocycles. The number of hydrogen-bond donors (Lipinski definition) is 1. The Hall–Kier alpha value is -2.29. The molecule has 0 saturated heterocycles. The third-order valence-corrected chi connectivity index (χ3v) is 2.45. The Morgan fingerprint density at radius 3 is 2.76 bits per heavy atom. The number of esters is 1. The summed E-state index contributed by atoms with van der Waals surface area (Å²) in [5.74, 6) is -0.377. The molecular formula is C14H13NO2. The van der Waals surface area contributed by atoms with E-state index < -0.39 is 0 Å². The van der Waals surface area contributed by atoms with Crippen LogP contribution in [-0.4, -0.2) is 13.1 Å². The zero-order chi connectivity index (χ0) is 12.1. The lowest BCUT2D eigenvalue weighted by molar-refractivity contribution is -0.134. The fourth-order valence-corrected chi connectivity index (χ4v) is 1.62. The number of ether oxygens (including phenoxy) is 1. The molecule has 1 N–H and O–H groups in total. The first-order valence-corrected chi connectivity index (χ1v) is 5.30. The molecule has 0 aliphatic rings. The molecule has 0 spiro atoms. The van der Waals surface area contributed by atoms with Crippen LogP contribution in [0.25, 0.3) is 10.8 Å². The zero-order valence-electron chi connectivity index (χ0n) is 9.51. The van der Waals surface area contributed by atoms with Gasteiger partial charge >= 0.3 is 5.97 Å². The van der Waals surface area contributed by atoms with Crippen molar-refractivity contribution >= 4 is 22.4 Å². The molecule has 3 nitrogen and oxygen atoms in total. The summed E-state index contributed by atoms with van der Waals surface area (Å²) in [7, 11) is 1.35. The first-order valence-electron chi connectivity index (χ1n) is 5.30. The van der Waals surface area contributed by atoms with Crippen molar-refractivity contribution in [2.75, 3.05) is 12.4 Å². The van der Waals surface area contributed by atoms with Crippen molar-refractivity contribution in [2.45, 2.75) is 0 Å². The maximum Gasteiger partial charge on any atom is 0.331 e. The van der Waals surface area contributed by atoms with Gasteiger partial charge in [0.25, 0.3) is 0 Å². The van der Waals surface area contributed by atoms with Gasteiger partial charge in [0.1, 0.15) is 0 Å². The SMILES string of the molecule is COC(=O)/C=C/Nc1cccc2ccccc12. The Bertz CT molecular complexity index is 556. The van der Waals surface area contributed by atoms with Gasteiger partial charge in [-0.25, -0.2) is 4.79 Å². The quantitative estimate of drug-likeness (QED) is 0.647. The smallest absolute Gasteiger partial charge is 0.331 e. The summed E-state index contributed by atoms with van der Waals surface area (Å²) in [6.45, 7) is 0. The van der Waals surface area contributed by atoms with Crippen LogP contribution in [0.5, 0.6) is 0 Å². The second-order valence-corrected chi connectivity index (χ2v) is 3.53. The van der Waals surface area contributed by atoms with Crippen LogP contribution in [0.15, 0.2) is 54.7 Å². The van der Waals surface area contributed by atoms with Crippen molar-refractivity contribution in [1.82, 2.24) is 0 Å². The van der Waals surface area contributed by atoms with E-state index in [4.69, 9.17) is 0 Å². The number of anilines is 1. The van der Waals surface area contributed by atoms with Gasteiger partial charge in [0, 0.05) is 23.3 Å². The van der Waals surface area contributed by atoms with Crippen molar-refractivity contribution in [1.29, 1.82) is 0 Å². The number of nitrogens with one attached hydrogen (secondary N) is 1. The van der Waals surface area contributed by atoms with Crippen molar-refractivity contribution in [3.63, 3.8) is 0 Å². The number of benzene rings is 2. The van der Waals surface area contributed by atoms with E-state index in [1.807, 2.05) is 42.5 Å². The third-order valence-electron chi connectivity index (χ3n) is 2.45.